The van der Waals surface area contributed by atoms with E-state index in [1.807, 2.05) is 60.7 Å². The third kappa shape index (κ3) is 2.81. The predicted molar refractivity (Wildman–Crippen MR) is 116 cm³/mol. The first kappa shape index (κ1) is 18.5. The second-order valence-electron chi connectivity index (χ2n) is 8.03. The molecular formula is C23H23N5O2. The molecular weight excluding hydrogens is 378 g/mol. The van der Waals surface area contributed by atoms with Crippen molar-refractivity contribution in [2.24, 2.45) is 0 Å². The summed E-state index contributed by atoms with van der Waals surface area (Å²) in [6, 6.07) is 15.6. The fourth-order valence-corrected chi connectivity index (χ4v) is 4.33. The zero-order chi connectivity index (χ0) is 20.8. The van der Waals surface area contributed by atoms with Gasteiger partial charge in [-0.15, -0.1) is 10.2 Å². The molecule has 0 fully saturated rings. The van der Waals surface area contributed by atoms with Gasteiger partial charge < -0.3 is 4.90 Å². The van der Waals surface area contributed by atoms with Crippen molar-refractivity contribution in [3.63, 3.8) is 0 Å². The maximum Gasteiger partial charge on any atom is 0.297 e. The molecule has 0 N–H and O–H groups in total. The molecule has 0 unspecified atom stereocenters. The van der Waals surface area contributed by atoms with Crippen LogP contribution in [0.2, 0.25) is 0 Å². The van der Waals surface area contributed by atoms with Crippen molar-refractivity contribution >= 4 is 28.3 Å². The number of nitrogens with zero attached hydrogens (tertiary/aromatic N) is 5. The summed E-state index contributed by atoms with van der Waals surface area (Å²) in [5.74, 6) is 0.759. The minimum Gasteiger partial charge on any atom is -0.311 e. The Morgan fingerprint density at radius 1 is 1.03 bits per heavy atom. The summed E-state index contributed by atoms with van der Waals surface area (Å²) in [4.78, 5) is 28.4. The summed E-state index contributed by atoms with van der Waals surface area (Å²) in [5.41, 5.74) is 3.60. The standard InChI is InChI=1S/C23H23N5O2/c1-15(2)21-24-25-22-23(30)27(18-11-5-6-12-19(18)28(21)22)14-20(29)26-13-7-9-16-8-3-4-10-17(16)26/h3-6,8,10-12,15H,7,9,13-14H2,1-2H3. The molecule has 2 aromatic carbocycles. The average molecular weight is 401 g/mol. The molecule has 7 nitrogen and oxygen atoms in total. The number of anilines is 1. The van der Waals surface area contributed by atoms with E-state index in [4.69, 9.17) is 0 Å². The fourth-order valence-electron chi connectivity index (χ4n) is 4.33. The number of carbonyl (C=O) groups is 1. The van der Waals surface area contributed by atoms with Gasteiger partial charge in [-0.3, -0.25) is 18.6 Å². The van der Waals surface area contributed by atoms with E-state index < -0.39 is 0 Å². The lowest BCUT2D eigenvalue weighted by Crippen LogP contribution is -2.40. The van der Waals surface area contributed by atoms with E-state index in [-0.39, 0.29) is 29.6 Å². The minimum absolute atomic E-state index is 0.0337. The van der Waals surface area contributed by atoms with Gasteiger partial charge in [-0.05, 0) is 36.6 Å². The summed E-state index contributed by atoms with van der Waals surface area (Å²) in [6.07, 6.45) is 1.88. The minimum atomic E-state index is -0.299. The zero-order valence-electron chi connectivity index (χ0n) is 17.1. The number of para-hydroxylation sites is 3. The highest BCUT2D eigenvalue weighted by Gasteiger charge is 2.24. The molecule has 30 heavy (non-hydrogen) atoms. The van der Waals surface area contributed by atoms with Crippen molar-refractivity contribution in [3.05, 3.63) is 70.3 Å². The first-order valence-electron chi connectivity index (χ1n) is 10.3. The number of rotatable bonds is 3. The molecule has 0 aliphatic carbocycles. The smallest absolute Gasteiger partial charge is 0.297 e. The molecule has 0 spiro atoms. The highest BCUT2D eigenvalue weighted by Crippen LogP contribution is 2.27. The lowest BCUT2D eigenvalue weighted by atomic mass is 10.0. The van der Waals surface area contributed by atoms with Gasteiger partial charge in [-0.2, -0.15) is 0 Å². The van der Waals surface area contributed by atoms with Crippen LogP contribution in [0.15, 0.2) is 53.3 Å². The monoisotopic (exact) mass is 401 g/mol. The van der Waals surface area contributed by atoms with Crippen LogP contribution in [-0.2, 0) is 17.8 Å². The first-order chi connectivity index (χ1) is 14.6. The van der Waals surface area contributed by atoms with Gasteiger partial charge in [-0.25, -0.2) is 0 Å². The molecule has 0 radical (unpaired) electrons. The van der Waals surface area contributed by atoms with E-state index in [1.165, 1.54) is 10.1 Å². The molecule has 2 aromatic heterocycles. The Balaban J connectivity index is 1.64. The van der Waals surface area contributed by atoms with E-state index in [0.29, 0.717) is 12.1 Å². The van der Waals surface area contributed by atoms with Crippen molar-refractivity contribution < 1.29 is 4.79 Å². The van der Waals surface area contributed by atoms with Crippen molar-refractivity contribution in [3.8, 4) is 0 Å². The Labute approximate surface area is 173 Å². The highest BCUT2D eigenvalue weighted by molar-refractivity contribution is 5.95. The van der Waals surface area contributed by atoms with Gasteiger partial charge in [-0.1, -0.05) is 44.2 Å². The van der Waals surface area contributed by atoms with Crippen LogP contribution in [0.1, 0.15) is 37.6 Å². The Morgan fingerprint density at radius 3 is 2.57 bits per heavy atom. The summed E-state index contributed by atoms with van der Waals surface area (Å²) in [6.45, 7) is 4.67. The second kappa shape index (κ2) is 7.09. The highest BCUT2D eigenvalue weighted by atomic mass is 16.2. The molecule has 4 aromatic rings. The van der Waals surface area contributed by atoms with E-state index in [0.717, 1.165) is 29.9 Å². The molecule has 3 heterocycles. The van der Waals surface area contributed by atoms with Crippen LogP contribution in [-0.4, -0.2) is 31.6 Å². The van der Waals surface area contributed by atoms with E-state index in [9.17, 15) is 9.59 Å². The Bertz CT molecular complexity index is 1330. The molecule has 0 saturated carbocycles. The lowest BCUT2D eigenvalue weighted by molar-refractivity contribution is -0.119. The van der Waals surface area contributed by atoms with Gasteiger partial charge in [0.25, 0.3) is 5.56 Å². The van der Waals surface area contributed by atoms with Crippen LogP contribution in [0.4, 0.5) is 5.69 Å². The van der Waals surface area contributed by atoms with Gasteiger partial charge in [0.15, 0.2) is 0 Å². The first-order valence-corrected chi connectivity index (χ1v) is 10.3. The summed E-state index contributed by atoms with van der Waals surface area (Å²) in [5, 5.41) is 8.41. The van der Waals surface area contributed by atoms with Crippen molar-refractivity contribution in [1.82, 2.24) is 19.2 Å². The number of fused-ring (bicyclic) bond motifs is 4. The van der Waals surface area contributed by atoms with Crippen LogP contribution in [0.3, 0.4) is 0 Å². The Kier molecular flexibility index (Phi) is 4.38. The maximum absolute atomic E-state index is 13.3. The molecule has 0 bridgehead atoms. The number of amides is 1. The molecule has 0 atom stereocenters. The van der Waals surface area contributed by atoms with Crippen molar-refractivity contribution in [1.29, 1.82) is 0 Å². The van der Waals surface area contributed by atoms with Gasteiger partial charge >= 0.3 is 0 Å². The van der Waals surface area contributed by atoms with Gasteiger partial charge in [0.2, 0.25) is 11.6 Å². The largest absolute Gasteiger partial charge is 0.311 e. The van der Waals surface area contributed by atoms with E-state index in [2.05, 4.69) is 16.3 Å². The second-order valence-corrected chi connectivity index (χ2v) is 8.03. The molecule has 152 valence electrons. The van der Waals surface area contributed by atoms with Gasteiger partial charge in [0.1, 0.15) is 12.4 Å². The van der Waals surface area contributed by atoms with Crippen molar-refractivity contribution in [2.75, 3.05) is 11.4 Å². The number of hydrogen-bond donors (Lipinski definition) is 0. The van der Waals surface area contributed by atoms with Crippen LogP contribution >= 0.6 is 0 Å². The SMILES string of the molecule is CC(C)c1nnc2c(=O)n(CC(=O)N3CCCc4ccccc43)c3ccccc3n12. The van der Waals surface area contributed by atoms with Crippen LogP contribution in [0, 0.1) is 0 Å². The number of aryl methyl sites for hydroxylation is 1. The zero-order valence-corrected chi connectivity index (χ0v) is 17.1. The third-order valence-electron chi connectivity index (χ3n) is 5.76. The molecule has 1 amide bonds. The summed E-state index contributed by atoms with van der Waals surface area (Å²) >= 11 is 0. The molecule has 5 rings (SSSR count). The lowest BCUT2D eigenvalue weighted by Gasteiger charge is -2.29. The summed E-state index contributed by atoms with van der Waals surface area (Å²) in [7, 11) is 0. The van der Waals surface area contributed by atoms with Crippen LogP contribution in [0.25, 0.3) is 16.7 Å². The van der Waals surface area contributed by atoms with Crippen LogP contribution < -0.4 is 10.5 Å². The van der Waals surface area contributed by atoms with E-state index >= 15 is 0 Å². The predicted octanol–water partition coefficient (Wildman–Crippen LogP) is 3.15. The maximum atomic E-state index is 13.3. The number of benzene rings is 2. The van der Waals surface area contributed by atoms with Gasteiger partial charge in [0, 0.05) is 18.2 Å². The quantitative estimate of drug-likeness (QED) is 0.529. The number of carbonyl (C=O) groups excluding carboxylic acids is 1. The van der Waals surface area contributed by atoms with Gasteiger partial charge in [0.05, 0.1) is 11.0 Å². The number of aromatic nitrogens is 4. The molecule has 7 heteroatoms. The van der Waals surface area contributed by atoms with E-state index in [1.54, 1.807) is 4.90 Å². The molecule has 0 saturated heterocycles. The summed E-state index contributed by atoms with van der Waals surface area (Å²) < 4.78 is 3.35. The normalized spacial score (nSPS) is 13.9. The Hall–Kier alpha value is -3.48. The molecule has 1 aliphatic rings. The molecule has 1 aliphatic heterocycles. The fraction of sp³-hybridized carbons (Fsp3) is 0.304. The van der Waals surface area contributed by atoms with Crippen LogP contribution in [0.5, 0.6) is 0 Å². The Morgan fingerprint density at radius 2 is 1.77 bits per heavy atom. The topological polar surface area (TPSA) is 72.5 Å². The number of hydrogen-bond acceptors (Lipinski definition) is 4. The third-order valence-corrected chi connectivity index (χ3v) is 5.76. The van der Waals surface area contributed by atoms with Crippen molar-refractivity contribution in [2.45, 2.75) is 39.2 Å². The average Bonchev–Trinajstić information content (AvgIpc) is 3.22.